The van der Waals surface area contributed by atoms with Crippen molar-refractivity contribution in [2.75, 3.05) is 0 Å². The standard InChI is InChI=1S/C34H29P2/c1-28(26-35(30-17-6-2-7-18-30)31-19-8-3-9-20-31)34-25-15-14-16-29(34)27-36(32-21-10-4-11-22-32)33-23-12-5-13-24-33/h2-25H,27H2,1H3. The average Bonchev–Trinajstić information content (AvgIpc) is 2.96. The van der Waals surface area contributed by atoms with Gasteiger partial charge in [0.25, 0.3) is 0 Å². The van der Waals surface area contributed by atoms with Crippen LogP contribution in [-0.2, 0) is 6.16 Å². The van der Waals surface area contributed by atoms with Gasteiger partial charge < -0.3 is 0 Å². The second kappa shape index (κ2) is 12.1. The molecule has 175 valence electrons. The van der Waals surface area contributed by atoms with Gasteiger partial charge in [0.2, 0.25) is 0 Å². The van der Waals surface area contributed by atoms with Gasteiger partial charge >= 0.3 is 0 Å². The molecule has 0 bridgehead atoms. The van der Waals surface area contributed by atoms with E-state index >= 15 is 0 Å². The van der Waals surface area contributed by atoms with Crippen LogP contribution in [0.4, 0.5) is 0 Å². The van der Waals surface area contributed by atoms with E-state index in [9.17, 15) is 0 Å². The number of benzene rings is 5. The van der Waals surface area contributed by atoms with E-state index in [2.05, 4.69) is 158 Å². The number of hydrogen-bond donors (Lipinski definition) is 0. The highest BCUT2D eigenvalue weighted by atomic mass is 31.1. The first-order valence-corrected chi connectivity index (χ1v) is 15.1. The van der Waals surface area contributed by atoms with Crippen molar-refractivity contribution in [2.45, 2.75) is 13.1 Å². The Bertz CT molecular complexity index is 1320. The van der Waals surface area contributed by atoms with Gasteiger partial charge in [0.05, 0.1) is 0 Å². The van der Waals surface area contributed by atoms with Crippen molar-refractivity contribution < 1.29 is 0 Å². The predicted octanol–water partition coefficient (Wildman–Crippen LogP) is 7.62. The fourth-order valence-electron chi connectivity index (χ4n) is 4.40. The average molecular weight is 500 g/mol. The molecule has 0 heterocycles. The quantitative estimate of drug-likeness (QED) is 0.193. The molecule has 5 aromatic carbocycles. The lowest BCUT2D eigenvalue weighted by molar-refractivity contribution is 1.36. The summed E-state index contributed by atoms with van der Waals surface area (Å²) in [5.41, 5.74) is 3.91. The lowest BCUT2D eigenvalue weighted by Gasteiger charge is -2.21. The van der Waals surface area contributed by atoms with Crippen molar-refractivity contribution in [3.8, 4) is 0 Å². The number of allylic oxidation sites excluding steroid dienone is 1. The minimum absolute atomic E-state index is 0.512. The molecule has 0 nitrogen and oxygen atoms in total. The van der Waals surface area contributed by atoms with E-state index in [1.165, 1.54) is 37.9 Å². The SMILES string of the molecule is CC(=[C]P(c1ccccc1)c1ccccc1)c1ccccc1CP(c1ccccc1)c1ccccc1. The van der Waals surface area contributed by atoms with Gasteiger partial charge in [0, 0.05) is 6.16 Å². The summed E-state index contributed by atoms with van der Waals surface area (Å²) < 4.78 is 0. The highest BCUT2D eigenvalue weighted by molar-refractivity contribution is 7.74. The Hall–Kier alpha value is -3.30. The van der Waals surface area contributed by atoms with Crippen LogP contribution in [0.1, 0.15) is 18.1 Å². The maximum atomic E-state index is 3.95. The Morgan fingerprint density at radius 2 is 0.889 bits per heavy atom. The molecule has 5 rings (SSSR count). The van der Waals surface area contributed by atoms with E-state index in [1.54, 1.807) is 0 Å². The lowest BCUT2D eigenvalue weighted by atomic mass is 10.0. The molecule has 0 fully saturated rings. The highest BCUT2D eigenvalue weighted by Gasteiger charge is 2.18. The van der Waals surface area contributed by atoms with Gasteiger partial charge in [0.15, 0.2) is 0 Å². The van der Waals surface area contributed by atoms with Crippen LogP contribution in [0.25, 0.3) is 5.57 Å². The van der Waals surface area contributed by atoms with Crippen LogP contribution in [0.15, 0.2) is 146 Å². The van der Waals surface area contributed by atoms with Gasteiger partial charge in [0.1, 0.15) is 0 Å². The van der Waals surface area contributed by atoms with Crippen molar-refractivity contribution in [1.82, 2.24) is 0 Å². The van der Waals surface area contributed by atoms with Crippen LogP contribution < -0.4 is 21.2 Å². The molecule has 0 saturated heterocycles. The van der Waals surface area contributed by atoms with Gasteiger partial charge in [-0.3, -0.25) is 0 Å². The summed E-state index contributed by atoms with van der Waals surface area (Å²) in [7, 11) is -1.23. The molecule has 1 radical (unpaired) electrons. The third-order valence-electron chi connectivity index (χ3n) is 6.19. The predicted molar refractivity (Wildman–Crippen MR) is 161 cm³/mol. The monoisotopic (exact) mass is 499 g/mol. The molecular formula is C34H29P2. The third-order valence-corrected chi connectivity index (χ3v) is 10.9. The van der Waals surface area contributed by atoms with Crippen molar-refractivity contribution in [3.63, 3.8) is 0 Å². The van der Waals surface area contributed by atoms with Gasteiger partial charge in [-0.25, -0.2) is 0 Å². The van der Waals surface area contributed by atoms with Crippen molar-refractivity contribution in [1.29, 1.82) is 0 Å². The Balaban J connectivity index is 1.54. The summed E-state index contributed by atoms with van der Waals surface area (Å²) in [5.74, 6) is 3.95. The zero-order valence-corrected chi connectivity index (χ0v) is 22.2. The zero-order chi connectivity index (χ0) is 24.6. The molecule has 0 amide bonds. The van der Waals surface area contributed by atoms with Crippen LogP contribution >= 0.6 is 15.8 Å². The van der Waals surface area contributed by atoms with E-state index < -0.39 is 15.8 Å². The van der Waals surface area contributed by atoms with Crippen LogP contribution in [0.5, 0.6) is 0 Å². The molecular weight excluding hydrogens is 470 g/mol. The molecule has 0 saturated carbocycles. The highest BCUT2D eigenvalue weighted by Crippen LogP contribution is 2.42. The van der Waals surface area contributed by atoms with Gasteiger partial charge in [-0.1, -0.05) is 146 Å². The maximum Gasteiger partial charge on any atom is 0.00135 e. The molecule has 0 aliphatic heterocycles. The smallest absolute Gasteiger partial charge is 0.00135 e. The summed E-state index contributed by atoms with van der Waals surface area (Å²) in [4.78, 5) is 0. The van der Waals surface area contributed by atoms with Crippen LogP contribution in [0.3, 0.4) is 0 Å². The number of rotatable bonds is 8. The van der Waals surface area contributed by atoms with Crippen molar-refractivity contribution in [3.05, 3.63) is 163 Å². The molecule has 0 aliphatic carbocycles. The molecule has 36 heavy (non-hydrogen) atoms. The summed E-state index contributed by atoms with van der Waals surface area (Å²) in [5, 5.41) is 5.47. The van der Waals surface area contributed by atoms with Gasteiger partial charge in [-0.15, -0.1) is 0 Å². The van der Waals surface area contributed by atoms with Gasteiger partial charge in [-0.05, 0) is 66.5 Å². The maximum absolute atomic E-state index is 3.95. The minimum Gasteiger partial charge on any atom is -0.0622 e. The zero-order valence-electron chi connectivity index (χ0n) is 20.5. The summed E-state index contributed by atoms with van der Waals surface area (Å²) in [6, 6.07) is 52.5. The topological polar surface area (TPSA) is 0 Å². The van der Waals surface area contributed by atoms with E-state index in [0.29, 0.717) is 0 Å². The third kappa shape index (κ3) is 5.91. The molecule has 0 aromatic heterocycles. The molecule has 2 heteroatoms. The van der Waals surface area contributed by atoms with E-state index in [4.69, 9.17) is 0 Å². The number of hydrogen-bond acceptors (Lipinski definition) is 0. The van der Waals surface area contributed by atoms with E-state index in [0.717, 1.165) is 6.16 Å². The molecule has 0 N–H and O–H groups in total. The molecule has 0 aliphatic rings. The summed E-state index contributed by atoms with van der Waals surface area (Å²) in [6.45, 7) is 2.23. The fraction of sp³-hybridized carbons (Fsp3) is 0.0588. The molecule has 5 aromatic rings. The van der Waals surface area contributed by atoms with Crippen molar-refractivity contribution in [2.24, 2.45) is 0 Å². The molecule has 0 atom stereocenters. The summed E-state index contributed by atoms with van der Waals surface area (Å²) in [6.07, 6.45) is 1.01. The largest absolute Gasteiger partial charge is 0.0622 e. The second-order valence-electron chi connectivity index (χ2n) is 8.66. The van der Waals surface area contributed by atoms with Gasteiger partial charge in [-0.2, -0.15) is 0 Å². The first-order valence-electron chi connectivity index (χ1n) is 12.3. The second-order valence-corrected chi connectivity index (χ2v) is 12.8. The Morgan fingerprint density at radius 1 is 0.500 bits per heavy atom. The van der Waals surface area contributed by atoms with Crippen LogP contribution in [-0.4, -0.2) is 0 Å². The Morgan fingerprint density at radius 3 is 1.36 bits per heavy atom. The first kappa shape index (κ1) is 24.4. The normalized spacial score (nSPS) is 11.7. The Labute approximate surface area is 217 Å². The fourth-order valence-corrected chi connectivity index (χ4v) is 8.70. The van der Waals surface area contributed by atoms with Crippen LogP contribution in [0.2, 0.25) is 0 Å². The van der Waals surface area contributed by atoms with Crippen molar-refractivity contribution >= 4 is 42.6 Å². The lowest BCUT2D eigenvalue weighted by Crippen LogP contribution is -2.13. The minimum atomic E-state index is -0.716. The first-order chi connectivity index (χ1) is 17.8. The van der Waals surface area contributed by atoms with E-state index in [1.807, 2.05) is 0 Å². The Kier molecular flexibility index (Phi) is 8.20. The molecule has 0 unspecified atom stereocenters. The summed E-state index contributed by atoms with van der Waals surface area (Å²) >= 11 is 0. The molecule has 0 spiro atoms. The van der Waals surface area contributed by atoms with E-state index in [-0.39, 0.29) is 0 Å². The van der Waals surface area contributed by atoms with Crippen LogP contribution in [0, 0.1) is 5.82 Å².